The maximum Gasteiger partial charge on any atom is 0.335 e. The van der Waals surface area contributed by atoms with Gasteiger partial charge in [0.2, 0.25) is 0 Å². The Balaban J connectivity index is 1.47. The number of carbonyl (C=O) groups is 2. The van der Waals surface area contributed by atoms with E-state index in [-0.39, 0.29) is 11.3 Å². The highest BCUT2D eigenvalue weighted by Crippen LogP contribution is 2.27. The molecule has 1 heterocycles. The number of anilines is 2. The summed E-state index contributed by atoms with van der Waals surface area (Å²) in [6.07, 6.45) is 1.53. The zero-order valence-electron chi connectivity index (χ0n) is 16.4. The van der Waals surface area contributed by atoms with Gasteiger partial charge in [0.05, 0.1) is 29.7 Å². The van der Waals surface area contributed by atoms with Crippen LogP contribution in [0.15, 0.2) is 79.0 Å². The third-order valence-electron chi connectivity index (χ3n) is 4.73. The SMILES string of the molecule is Nc1ccc(-c2ccccc2)cc1NC(=O)c1cn(Cc2ccc(C(=O)O)cc2)nn1. The van der Waals surface area contributed by atoms with Crippen LogP contribution in [0, 0.1) is 0 Å². The molecule has 0 saturated carbocycles. The normalized spacial score (nSPS) is 10.6. The lowest BCUT2D eigenvalue weighted by Gasteiger charge is -2.09. The summed E-state index contributed by atoms with van der Waals surface area (Å²) in [6.45, 7) is 0.353. The number of hydrogen-bond acceptors (Lipinski definition) is 5. The molecule has 0 aliphatic rings. The van der Waals surface area contributed by atoms with Crippen LogP contribution < -0.4 is 11.1 Å². The molecule has 0 saturated heterocycles. The minimum absolute atomic E-state index is 0.145. The van der Waals surface area contributed by atoms with Crippen molar-refractivity contribution in [2.75, 3.05) is 11.1 Å². The number of nitrogen functional groups attached to an aromatic ring is 1. The maximum atomic E-state index is 12.7. The van der Waals surface area contributed by atoms with Gasteiger partial charge in [-0.25, -0.2) is 9.48 Å². The van der Waals surface area contributed by atoms with Gasteiger partial charge in [0.15, 0.2) is 5.69 Å². The third kappa shape index (κ3) is 4.59. The lowest BCUT2D eigenvalue weighted by atomic mass is 10.0. The van der Waals surface area contributed by atoms with E-state index < -0.39 is 11.9 Å². The largest absolute Gasteiger partial charge is 0.478 e. The standard InChI is InChI=1S/C23H19N5O3/c24-19-11-10-18(16-4-2-1-3-5-16)12-20(19)25-22(29)21-14-28(27-26-21)13-15-6-8-17(9-7-15)23(30)31/h1-12,14H,13,24H2,(H,25,29)(H,30,31). The zero-order valence-corrected chi connectivity index (χ0v) is 16.4. The van der Waals surface area contributed by atoms with E-state index in [2.05, 4.69) is 15.6 Å². The Kier molecular flexibility index (Phi) is 5.44. The first-order chi connectivity index (χ1) is 15.0. The summed E-state index contributed by atoms with van der Waals surface area (Å²) >= 11 is 0. The number of carboxylic acids is 1. The summed E-state index contributed by atoms with van der Waals surface area (Å²) in [5, 5.41) is 19.7. The van der Waals surface area contributed by atoms with Crippen LogP contribution in [0.25, 0.3) is 11.1 Å². The highest BCUT2D eigenvalue weighted by molar-refractivity contribution is 6.04. The molecule has 3 aromatic carbocycles. The number of rotatable bonds is 6. The molecule has 1 aromatic heterocycles. The van der Waals surface area contributed by atoms with E-state index in [0.29, 0.717) is 17.9 Å². The number of carbonyl (C=O) groups excluding carboxylic acids is 1. The molecule has 0 aliphatic carbocycles. The molecule has 8 nitrogen and oxygen atoms in total. The number of aromatic nitrogens is 3. The van der Waals surface area contributed by atoms with Crippen molar-refractivity contribution in [3.63, 3.8) is 0 Å². The molecule has 1 amide bonds. The van der Waals surface area contributed by atoms with Crippen LogP contribution in [-0.4, -0.2) is 32.0 Å². The second-order valence-corrected chi connectivity index (χ2v) is 6.93. The number of nitrogens with zero attached hydrogens (tertiary/aromatic N) is 3. The molecule has 0 bridgehead atoms. The monoisotopic (exact) mass is 413 g/mol. The van der Waals surface area contributed by atoms with Crippen molar-refractivity contribution in [2.24, 2.45) is 0 Å². The Labute approximate surface area is 177 Å². The molecule has 4 aromatic rings. The lowest BCUT2D eigenvalue weighted by Crippen LogP contribution is -2.13. The molecule has 0 radical (unpaired) electrons. The summed E-state index contributed by atoms with van der Waals surface area (Å²) in [7, 11) is 0. The van der Waals surface area contributed by atoms with E-state index in [1.807, 2.05) is 42.5 Å². The van der Waals surface area contributed by atoms with E-state index >= 15 is 0 Å². The maximum absolute atomic E-state index is 12.7. The van der Waals surface area contributed by atoms with Gasteiger partial charge in [-0.3, -0.25) is 4.79 Å². The first-order valence-electron chi connectivity index (χ1n) is 9.48. The third-order valence-corrected chi connectivity index (χ3v) is 4.73. The summed E-state index contributed by atoms with van der Waals surface area (Å²) in [4.78, 5) is 23.6. The summed E-state index contributed by atoms with van der Waals surface area (Å²) in [5.41, 5.74) is 10.1. The number of nitrogens with two attached hydrogens (primary N) is 1. The Morgan fingerprint density at radius 1 is 0.968 bits per heavy atom. The Hall–Kier alpha value is -4.46. The number of carboxylic acid groups (broad SMARTS) is 1. The average molecular weight is 413 g/mol. The van der Waals surface area contributed by atoms with E-state index in [4.69, 9.17) is 10.8 Å². The quantitative estimate of drug-likeness (QED) is 0.416. The van der Waals surface area contributed by atoms with Crippen LogP contribution in [0.2, 0.25) is 0 Å². The topological polar surface area (TPSA) is 123 Å². The molecule has 0 fully saturated rings. The van der Waals surface area contributed by atoms with Crippen LogP contribution in [0.3, 0.4) is 0 Å². The zero-order chi connectivity index (χ0) is 21.8. The first-order valence-corrected chi connectivity index (χ1v) is 9.48. The van der Waals surface area contributed by atoms with Crippen LogP contribution >= 0.6 is 0 Å². The number of aromatic carboxylic acids is 1. The number of benzene rings is 3. The Morgan fingerprint density at radius 3 is 2.42 bits per heavy atom. The van der Waals surface area contributed by atoms with Crippen molar-refractivity contribution in [2.45, 2.75) is 6.54 Å². The fraction of sp³-hybridized carbons (Fsp3) is 0.0435. The predicted molar refractivity (Wildman–Crippen MR) is 117 cm³/mol. The van der Waals surface area contributed by atoms with Crippen molar-refractivity contribution in [3.8, 4) is 11.1 Å². The highest BCUT2D eigenvalue weighted by atomic mass is 16.4. The van der Waals surface area contributed by atoms with Gasteiger partial charge in [-0.1, -0.05) is 53.7 Å². The molecule has 31 heavy (non-hydrogen) atoms. The first kappa shape index (κ1) is 19.8. The fourth-order valence-electron chi connectivity index (χ4n) is 3.08. The molecule has 154 valence electrons. The number of hydrogen-bond donors (Lipinski definition) is 3. The van der Waals surface area contributed by atoms with Gasteiger partial charge >= 0.3 is 5.97 Å². The molecule has 0 spiro atoms. The van der Waals surface area contributed by atoms with Crippen molar-refractivity contribution in [1.29, 1.82) is 0 Å². The molecule has 4 N–H and O–H groups in total. The molecule has 0 aliphatic heterocycles. The van der Waals surface area contributed by atoms with Crippen molar-refractivity contribution >= 4 is 23.3 Å². The molecule has 4 rings (SSSR count). The van der Waals surface area contributed by atoms with Crippen LogP contribution in [0.4, 0.5) is 11.4 Å². The number of amides is 1. The Morgan fingerprint density at radius 2 is 1.71 bits per heavy atom. The summed E-state index contributed by atoms with van der Waals surface area (Å²) in [6, 6.07) is 21.7. The Bertz CT molecular complexity index is 1230. The van der Waals surface area contributed by atoms with Crippen molar-refractivity contribution in [1.82, 2.24) is 15.0 Å². The van der Waals surface area contributed by atoms with E-state index in [9.17, 15) is 9.59 Å². The van der Waals surface area contributed by atoms with Gasteiger partial charge in [-0.2, -0.15) is 0 Å². The smallest absolute Gasteiger partial charge is 0.335 e. The van der Waals surface area contributed by atoms with Crippen molar-refractivity contribution < 1.29 is 14.7 Å². The molecular weight excluding hydrogens is 394 g/mol. The second-order valence-electron chi connectivity index (χ2n) is 6.93. The molecular formula is C23H19N5O3. The molecule has 0 atom stereocenters. The average Bonchev–Trinajstić information content (AvgIpc) is 3.25. The van der Waals surface area contributed by atoms with Crippen LogP contribution in [-0.2, 0) is 6.54 Å². The van der Waals surface area contributed by atoms with E-state index in [1.165, 1.54) is 23.0 Å². The van der Waals surface area contributed by atoms with Gasteiger partial charge in [0.1, 0.15) is 0 Å². The fourth-order valence-corrected chi connectivity index (χ4v) is 3.08. The van der Waals surface area contributed by atoms with E-state index in [1.54, 1.807) is 18.2 Å². The van der Waals surface area contributed by atoms with Gasteiger partial charge in [0.25, 0.3) is 5.91 Å². The van der Waals surface area contributed by atoms with Crippen LogP contribution in [0.5, 0.6) is 0 Å². The highest BCUT2D eigenvalue weighted by Gasteiger charge is 2.14. The summed E-state index contributed by atoms with van der Waals surface area (Å²) in [5.74, 6) is -1.41. The van der Waals surface area contributed by atoms with Gasteiger partial charge in [-0.05, 0) is 41.0 Å². The van der Waals surface area contributed by atoms with Gasteiger partial charge in [0, 0.05) is 0 Å². The van der Waals surface area contributed by atoms with Crippen LogP contribution in [0.1, 0.15) is 26.4 Å². The lowest BCUT2D eigenvalue weighted by molar-refractivity contribution is 0.0696. The minimum Gasteiger partial charge on any atom is -0.478 e. The van der Waals surface area contributed by atoms with Crippen molar-refractivity contribution in [3.05, 3.63) is 95.8 Å². The molecule has 0 unspecified atom stereocenters. The summed E-state index contributed by atoms with van der Waals surface area (Å²) < 4.78 is 1.51. The molecule has 8 heteroatoms. The van der Waals surface area contributed by atoms with Gasteiger partial charge in [-0.15, -0.1) is 5.10 Å². The predicted octanol–water partition coefficient (Wildman–Crippen LogP) is 3.53. The second kappa shape index (κ2) is 8.50. The van der Waals surface area contributed by atoms with E-state index in [0.717, 1.165) is 16.7 Å². The minimum atomic E-state index is -0.984. The van der Waals surface area contributed by atoms with Gasteiger partial charge < -0.3 is 16.2 Å². The number of nitrogens with one attached hydrogen (secondary N) is 1.